The third kappa shape index (κ3) is 3.49. The summed E-state index contributed by atoms with van der Waals surface area (Å²) in [6, 6.07) is 11.8. The lowest BCUT2D eigenvalue weighted by molar-refractivity contribution is 0.246. The summed E-state index contributed by atoms with van der Waals surface area (Å²) in [6.07, 6.45) is 3.56. The molecule has 1 aliphatic heterocycles. The average Bonchev–Trinajstić information content (AvgIpc) is 3.21. The van der Waals surface area contributed by atoms with Crippen LogP contribution in [0.3, 0.4) is 0 Å². The molecular weight excluding hydrogens is 266 g/mol. The number of likely N-dealkylation sites (tertiary alicyclic amines) is 1. The van der Waals surface area contributed by atoms with Crippen LogP contribution < -0.4 is 10.6 Å². The molecule has 2 N–H and O–H groups in total. The Morgan fingerprint density at radius 2 is 1.85 bits per heavy atom. The molecule has 2 aliphatic rings. The number of benzene rings is 1. The summed E-state index contributed by atoms with van der Waals surface area (Å²) in [5, 5.41) is 7.78. The van der Waals surface area contributed by atoms with Crippen molar-refractivity contribution in [1.82, 2.24) is 15.5 Å². The van der Waals surface area contributed by atoms with E-state index in [9.17, 15) is 0 Å². The van der Waals surface area contributed by atoms with Crippen LogP contribution in [0, 0.1) is 0 Å². The van der Waals surface area contributed by atoms with Crippen molar-refractivity contribution in [2.45, 2.75) is 37.3 Å². The molecule has 20 heavy (non-hydrogen) atoms. The van der Waals surface area contributed by atoms with Crippen molar-refractivity contribution in [3.63, 3.8) is 0 Å². The molecule has 2 fully saturated rings. The van der Waals surface area contributed by atoms with Gasteiger partial charge in [-0.2, -0.15) is 0 Å². The Bertz CT molecular complexity index is 454. The Morgan fingerprint density at radius 3 is 2.55 bits per heavy atom. The van der Waals surface area contributed by atoms with Crippen LogP contribution in [-0.4, -0.2) is 42.2 Å². The Balaban J connectivity index is 1.42. The highest BCUT2D eigenvalue weighted by Crippen LogP contribution is 2.40. The third-order valence-corrected chi connectivity index (χ3v) is 4.62. The highest BCUT2D eigenvalue weighted by atomic mass is 32.1. The summed E-state index contributed by atoms with van der Waals surface area (Å²) in [7, 11) is 2.18. The first-order valence-electron chi connectivity index (χ1n) is 7.53. The van der Waals surface area contributed by atoms with Gasteiger partial charge in [0.05, 0.1) is 0 Å². The van der Waals surface area contributed by atoms with Crippen molar-refractivity contribution in [1.29, 1.82) is 0 Å². The van der Waals surface area contributed by atoms with E-state index in [0.29, 0.717) is 18.0 Å². The van der Waals surface area contributed by atoms with Gasteiger partial charge in [-0.05, 0) is 57.2 Å². The number of hydrogen-bond acceptors (Lipinski definition) is 2. The van der Waals surface area contributed by atoms with Crippen molar-refractivity contribution in [3.05, 3.63) is 35.9 Å². The molecule has 0 unspecified atom stereocenters. The largest absolute Gasteiger partial charge is 0.360 e. The Morgan fingerprint density at radius 1 is 1.15 bits per heavy atom. The number of rotatable bonds is 3. The molecule has 3 nitrogen and oxygen atoms in total. The van der Waals surface area contributed by atoms with E-state index in [1.54, 1.807) is 0 Å². The summed E-state index contributed by atoms with van der Waals surface area (Å²) in [6.45, 7) is 2.33. The maximum Gasteiger partial charge on any atom is 0.166 e. The van der Waals surface area contributed by atoms with Gasteiger partial charge in [0.15, 0.2) is 5.11 Å². The van der Waals surface area contributed by atoms with Gasteiger partial charge in [-0.25, -0.2) is 0 Å². The Hall–Kier alpha value is -1.13. The fraction of sp³-hybridized carbons (Fsp3) is 0.562. The topological polar surface area (TPSA) is 27.3 Å². The van der Waals surface area contributed by atoms with E-state index in [1.165, 1.54) is 24.8 Å². The maximum atomic E-state index is 5.45. The zero-order valence-corrected chi connectivity index (χ0v) is 12.8. The monoisotopic (exact) mass is 289 g/mol. The minimum absolute atomic E-state index is 0.517. The summed E-state index contributed by atoms with van der Waals surface area (Å²) < 4.78 is 0. The van der Waals surface area contributed by atoms with Crippen molar-refractivity contribution in [3.8, 4) is 0 Å². The second-order valence-electron chi connectivity index (χ2n) is 6.05. The number of nitrogens with one attached hydrogen (secondary N) is 2. The molecule has 1 saturated carbocycles. The molecule has 2 atom stereocenters. The summed E-state index contributed by atoms with van der Waals surface area (Å²) in [5.41, 5.74) is 1.42. The van der Waals surface area contributed by atoms with Gasteiger partial charge in [-0.3, -0.25) is 0 Å². The van der Waals surface area contributed by atoms with E-state index in [0.717, 1.165) is 18.2 Å². The maximum absolute atomic E-state index is 5.45. The van der Waals surface area contributed by atoms with Gasteiger partial charge in [-0.1, -0.05) is 30.3 Å². The molecule has 4 heteroatoms. The van der Waals surface area contributed by atoms with Gasteiger partial charge in [-0.15, -0.1) is 0 Å². The zero-order valence-electron chi connectivity index (χ0n) is 12.0. The first kappa shape index (κ1) is 13.8. The summed E-state index contributed by atoms with van der Waals surface area (Å²) in [4.78, 5) is 2.38. The number of nitrogens with zero attached hydrogens (tertiary/aromatic N) is 1. The van der Waals surface area contributed by atoms with Gasteiger partial charge in [0.1, 0.15) is 0 Å². The molecule has 1 aromatic rings. The average molecular weight is 289 g/mol. The SMILES string of the molecule is CN1CCC(NC(=S)N[C@@H]2C[C@H]2c2ccccc2)CC1. The number of hydrogen-bond donors (Lipinski definition) is 2. The van der Waals surface area contributed by atoms with Crippen LogP contribution in [0.1, 0.15) is 30.7 Å². The summed E-state index contributed by atoms with van der Waals surface area (Å²) >= 11 is 5.45. The van der Waals surface area contributed by atoms with Crippen LogP contribution in [0.4, 0.5) is 0 Å². The van der Waals surface area contributed by atoms with E-state index in [-0.39, 0.29) is 0 Å². The third-order valence-electron chi connectivity index (χ3n) is 4.39. The van der Waals surface area contributed by atoms with E-state index < -0.39 is 0 Å². The van der Waals surface area contributed by atoms with E-state index >= 15 is 0 Å². The van der Waals surface area contributed by atoms with Gasteiger partial charge in [0, 0.05) is 18.0 Å². The van der Waals surface area contributed by atoms with Crippen LogP contribution in [0.5, 0.6) is 0 Å². The highest BCUT2D eigenvalue weighted by molar-refractivity contribution is 7.80. The van der Waals surface area contributed by atoms with Crippen molar-refractivity contribution < 1.29 is 0 Å². The molecule has 0 amide bonds. The Kier molecular flexibility index (Phi) is 4.22. The first-order chi connectivity index (χ1) is 9.72. The normalized spacial score (nSPS) is 27.1. The quantitative estimate of drug-likeness (QED) is 0.833. The van der Waals surface area contributed by atoms with Crippen LogP contribution in [0.25, 0.3) is 0 Å². The van der Waals surface area contributed by atoms with E-state index in [2.05, 4.69) is 52.9 Å². The molecule has 0 bridgehead atoms. The van der Waals surface area contributed by atoms with Crippen molar-refractivity contribution >= 4 is 17.3 Å². The first-order valence-corrected chi connectivity index (χ1v) is 7.94. The molecule has 1 saturated heterocycles. The zero-order chi connectivity index (χ0) is 13.9. The van der Waals surface area contributed by atoms with Crippen LogP contribution >= 0.6 is 12.2 Å². The number of thiocarbonyl (C=S) groups is 1. The fourth-order valence-corrected chi connectivity index (χ4v) is 3.29. The second-order valence-corrected chi connectivity index (χ2v) is 6.46. The molecule has 1 aliphatic carbocycles. The molecule has 0 aromatic heterocycles. The number of piperidine rings is 1. The van der Waals surface area contributed by atoms with Gasteiger partial charge < -0.3 is 15.5 Å². The predicted octanol–water partition coefficient (Wildman–Crippen LogP) is 2.10. The minimum Gasteiger partial charge on any atom is -0.360 e. The molecule has 3 rings (SSSR count). The standard InChI is InChI=1S/C16H23N3S/c1-19-9-7-13(8-10-19)17-16(20)18-15-11-14(15)12-5-3-2-4-6-12/h2-6,13-15H,7-11H2,1H3,(H2,17,18,20)/t14-,15+/m0/s1. The van der Waals surface area contributed by atoms with Crippen molar-refractivity contribution in [2.24, 2.45) is 0 Å². The summed E-state index contributed by atoms with van der Waals surface area (Å²) in [5.74, 6) is 0.633. The smallest absolute Gasteiger partial charge is 0.166 e. The molecule has 1 aromatic carbocycles. The van der Waals surface area contributed by atoms with Crippen LogP contribution in [0.15, 0.2) is 30.3 Å². The van der Waals surface area contributed by atoms with Crippen LogP contribution in [0.2, 0.25) is 0 Å². The molecule has 1 heterocycles. The van der Waals surface area contributed by atoms with Gasteiger partial charge >= 0.3 is 0 Å². The van der Waals surface area contributed by atoms with Gasteiger partial charge in [0.25, 0.3) is 0 Å². The lowest BCUT2D eigenvalue weighted by Crippen LogP contribution is -2.47. The minimum atomic E-state index is 0.517. The van der Waals surface area contributed by atoms with Crippen LogP contribution in [-0.2, 0) is 0 Å². The molecule has 0 radical (unpaired) electrons. The van der Waals surface area contributed by atoms with E-state index in [4.69, 9.17) is 12.2 Å². The Labute approximate surface area is 126 Å². The predicted molar refractivity (Wildman–Crippen MR) is 87.0 cm³/mol. The lowest BCUT2D eigenvalue weighted by atomic mass is 10.1. The van der Waals surface area contributed by atoms with E-state index in [1.807, 2.05) is 0 Å². The molecule has 108 valence electrons. The van der Waals surface area contributed by atoms with Gasteiger partial charge in [0.2, 0.25) is 0 Å². The molecular formula is C16H23N3S. The second kappa shape index (κ2) is 6.10. The highest BCUT2D eigenvalue weighted by Gasteiger charge is 2.38. The molecule has 0 spiro atoms. The lowest BCUT2D eigenvalue weighted by Gasteiger charge is -2.30. The van der Waals surface area contributed by atoms with Crippen molar-refractivity contribution in [2.75, 3.05) is 20.1 Å². The fourth-order valence-electron chi connectivity index (χ4n) is 2.97.